The van der Waals surface area contributed by atoms with Crippen molar-refractivity contribution in [2.24, 2.45) is 0 Å². The Bertz CT molecular complexity index is 752. The van der Waals surface area contributed by atoms with Crippen LogP contribution in [-0.2, 0) is 17.8 Å². The van der Waals surface area contributed by atoms with Gasteiger partial charge in [-0.3, -0.25) is 0 Å². The van der Waals surface area contributed by atoms with Crippen LogP contribution in [0.15, 0.2) is 42.5 Å². The standard InChI is InChI=1S/C18H18Cl2N2O2/c1-22(18(23)21-14-6-7-16(19)17(20)9-14)10-15-8-12-4-2-3-5-13(12)11-24-15/h2-7,9,15H,8,10-11H2,1H3,(H,21,23). The molecule has 0 saturated carbocycles. The van der Waals surface area contributed by atoms with Crippen LogP contribution in [0.2, 0.25) is 10.0 Å². The third kappa shape index (κ3) is 4.01. The lowest BCUT2D eigenvalue weighted by molar-refractivity contribution is 0.0159. The van der Waals surface area contributed by atoms with E-state index in [0.29, 0.717) is 28.9 Å². The quantitative estimate of drug-likeness (QED) is 0.864. The summed E-state index contributed by atoms with van der Waals surface area (Å²) in [5.74, 6) is 0. The number of anilines is 1. The van der Waals surface area contributed by atoms with Crippen molar-refractivity contribution in [2.45, 2.75) is 19.1 Å². The van der Waals surface area contributed by atoms with Crippen LogP contribution >= 0.6 is 23.2 Å². The van der Waals surface area contributed by atoms with Gasteiger partial charge in [0.25, 0.3) is 0 Å². The minimum absolute atomic E-state index is 0.00976. The second-order valence-electron chi connectivity index (χ2n) is 5.85. The van der Waals surface area contributed by atoms with Gasteiger partial charge in [-0.15, -0.1) is 0 Å². The summed E-state index contributed by atoms with van der Waals surface area (Å²) < 4.78 is 5.85. The average molecular weight is 365 g/mol. The van der Waals surface area contributed by atoms with E-state index in [2.05, 4.69) is 17.4 Å². The van der Waals surface area contributed by atoms with Gasteiger partial charge in [-0.2, -0.15) is 0 Å². The first-order chi connectivity index (χ1) is 11.5. The molecule has 0 bridgehead atoms. The van der Waals surface area contributed by atoms with Crippen molar-refractivity contribution in [1.82, 2.24) is 4.90 Å². The van der Waals surface area contributed by atoms with Gasteiger partial charge in [-0.25, -0.2) is 4.79 Å². The van der Waals surface area contributed by atoms with Crippen LogP contribution in [0.25, 0.3) is 0 Å². The predicted octanol–water partition coefficient (Wildman–Crippen LogP) is 4.60. The second-order valence-corrected chi connectivity index (χ2v) is 6.66. The fourth-order valence-corrected chi connectivity index (χ4v) is 3.01. The van der Waals surface area contributed by atoms with Crippen LogP contribution < -0.4 is 5.32 Å². The molecule has 0 fully saturated rings. The molecule has 1 atom stereocenters. The summed E-state index contributed by atoms with van der Waals surface area (Å²) in [4.78, 5) is 13.9. The van der Waals surface area contributed by atoms with Crippen LogP contribution in [0.3, 0.4) is 0 Å². The Labute approximate surface area is 151 Å². The van der Waals surface area contributed by atoms with Gasteiger partial charge in [-0.05, 0) is 29.3 Å². The van der Waals surface area contributed by atoms with Gasteiger partial charge in [0.2, 0.25) is 0 Å². The van der Waals surface area contributed by atoms with Crippen molar-refractivity contribution in [3.63, 3.8) is 0 Å². The SMILES string of the molecule is CN(CC1Cc2ccccc2CO1)C(=O)Nc1ccc(Cl)c(Cl)c1. The number of hydrogen-bond acceptors (Lipinski definition) is 2. The number of hydrogen-bond donors (Lipinski definition) is 1. The van der Waals surface area contributed by atoms with Crippen molar-refractivity contribution in [1.29, 1.82) is 0 Å². The highest BCUT2D eigenvalue weighted by molar-refractivity contribution is 6.42. The molecule has 6 heteroatoms. The molecule has 0 saturated heterocycles. The number of benzene rings is 2. The van der Waals surface area contributed by atoms with Gasteiger partial charge < -0.3 is 15.0 Å². The largest absolute Gasteiger partial charge is 0.371 e. The fourth-order valence-electron chi connectivity index (χ4n) is 2.71. The number of fused-ring (bicyclic) bond motifs is 1. The zero-order valence-electron chi connectivity index (χ0n) is 13.3. The van der Waals surface area contributed by atoms with Gasteiger partial charge >= 0.3 is 6.03 Å². The van der Waals surface area contributed by atoms with Gasteiger partial charge in [-0.1, -0.05) is 47.5 Å². The van der Waals surface area contributed by atoms with Gasteiger partial charge in [0.15, 0.2) is 0 Å². The number of amides is 2. The molecule has 1 aliphatic heterocycles. The number of carbonyl (C=O) groups excluding carboxylic acids is 1. The van der Waals surface area contributed by atoms with Gasteiger partial charge in [0.1, 0.15) is 0 Å². The first-order valence-corrected chi connectivity index (χ1v) is 8.44. The smallest absolute Gasteiger partial charge is 0.321 e. The minimum Gasteiger partial charge on any atom is -0.371 e. The molecule has 4 nitrogen and oxygen atoms in total. The maximum atomic E-state index is 12.3. The van der Waals surface area contributed by atoms with Crippen LogP contribution in [0.5, 0.6) is 0 Å². The van der Waals surface area contributed by atoms with E-state index in [1.807, 2.05) is 12.1 Å². The molecule has 126 valence electrons. The molecule has 1 unspecified atom stereocenters. The lowest BCUT2D eigenvalue weighted by atomic mass is 9.99. The Morgan fingerprint density at radius 3 is 2.71 bits per heavy atom. The Hall–Kier alpha value is -1.75. The van der Waals surface area contributed by atoms with E-state index in [1.54, 1.807) is 30.1 Å². The number of nitrogens with one attached hydrogen (secondary N) is 1. The summed E-state index contributed by atoms with van der Waals surface area (Å²) in [6.45, 7) is 1.10. The first kappa shape index (κ1) is 17.1. The van der Waals surface area contributed by atoms with Crippen LogP contribution in [0.1, 0.15) is 11.1 Å². The normalized spacial score (nSPS) is 16.4. The monoisotopic (exact) mass is 364 g/mol. The Morgan fingerprint density at radius 2 is 1.96 bits per heavy atom. The number of ether oxygens (including phenoxy) is 1. The fraction of sp³-hybridized carbons (Fsp3) is 0.278. The Kier molecular flexibility index (Phi) is 5.29. The summed E-state index contributed by atoms with van der Waals surface area (Å²) >= 11 is 11.8. The minimum atomic E-state index is -0.212. The van der Waals surface area contributed by atoms with Gasteiger partial charge in [0, 0.05) is 25.7 Å². The van der Waals surface area contributed by atoms with E-state index in [0.717, 1.165) is 6.42 Å². The summed E-state index contributed by atoms with van der Waals surface area (Å²) in [5, 5.41) is 3.67. The maximum absolute atomic E-state index is 12.3. The summed E-state index contributed by atoms with van der Waals surface area (Å²) in [5.41, 5.74) is 3.11. The summed E-state index contributed by atoms with van der Waals surface area (Å²) in [6.07, 6.45) is 0.796. The number of carbonyl (C=O) groups is 1. The van der Waals surface area contributed by atoms with Crippen molar-refractivity contribution < 1.29 is 9.53 Å². The molecular formula is C18H18Cl2N2O2. The lowest BCUT2D eigenvalue weighted by Crippen LogP contribution is -2.40. The van der Waals surface area contributed by atoms with E-state index in [9.17, 15) is 4.79 Å². The molecule has 1 N–H and O–H groups in total. The van der Waals surface area contributed by atoms with E-state index < -0.39 is 0 Å². The Morgan fingerprint density at radius 1 is 1.21 bits per heavy atom. The third-order valence-corrected chi connectivity index (χ3v) is 4.77. The molecule has 2 amide bonds. The number of nitrogens with zero attached hydrogens (tertiary/aromatic N) is 1. The molecule has 2 aromatic carbocycles. The zero-order valence-corrected chi connectivity index (χ0v) is 14.8. The Balaban J connectivity index is 1.57. The molecule has 0 aliphatic carbocycles. The maximum Gasteiger partial charge on any atom is 0.321 e. The van der Waals surface area contributed by atoms with Crippen LogP contribution in [0, 0.1) is 0 Å². The van der Waals surface area contributed by atoms with E-state index in [1.165, 1.54) is 11.1 Å². The first-order valence-electron chi connectivity index (χ1n) is 7.68. The highest BCUT2D eigenvalue weighted by Gasteiger charge is 2.22. The van der Waals surface area contributed by atoms with E-state index in [4.69, 9.17) is 27.9 Å². The number of likely N-dealkylation sites (N-methyl/N-ethyl adjacent to an activating group) is 1. The number of halogens is 2. The van der Waals surface area contributed by atoms with Crippen molar-refractivity contribution in [3.8, 4) is 0 Å². The van der Waals surface area contributed by atoms with Crippen molar-refractivity contribution in [2.75, 3.05) is 18.9 Å². The molecule has 0 aromatic heterocycles. The van der Waals surface area contributed by atoms with E-state index in [-0.39, 0.29) is 12.1 Å². The summed E-state index contributed by atoms with van der Waals surface area (Å²) in [6, 6.07) is 13.0. The number of urea groups is 1. The topological polar surface area (TPSA) is 41.6 Å². The zero-order chi connectivity index (χ0) is 17.1. The van der Waals surface area contributed by atoms with Crippen LogP contribution in [-0.4, -0.2) is 30.6 Å². The lowest BCUT2D eigenvalue weighted by Gasteiger charge is -2.29. The molecule has 1 heterocycles. The predicted molar refractivity (Wildman–Crippen MR) is 96.8 cm³/mol. The summed E-state index contributed by atoms with van der Waals surface area (Å²) in [7, 11) is 1.75. The molecule has 0 radical (unpaired) electrons. The molecule has 24 heavy (non-hydrogen) atoms. The van der Waals surface area contributed by atoms with Crippen molar-refractivity contribution in [3.05, 3.63) is 63.6 Å². The molecule has 0 spiro atoms. The van der Waals surface area contributed by atoms with Gasteiger partial charge in [0.05, 0.1) is 22.8 Å². The second kappa shape index (κ2) is 7.43. The molecule has 1 aliphatic rings. The third-order valence-electron chi connectivity index (χ3n) is 4.04. The molecular weight excluding hydrogens is 347 g/mol. The average Bonchev–Trinajstić information content (AvgIpc) is 2.58. The van der Waals surface area contributed by atoms with Crippen molar-refractivity contribution >= 4 is 34.9 Å². The molecule has 2 aromatic rings. The van der Waals surface area contributed by atoms with Crippen LogP contribution in [0.4, 0.5) is 10.5 Å². The molecule has 3 rings (SSSR count). The number of rotatable bonds is 3. The highest BCUT2D eigenvalue weighted by Crippen LogP contribution is 2.25. The van der Waals surface area contributed by atoms with E-state index >= 15 is 0 Å². The highest BCUT2D eigenvalue weighted by atomic mass is 35.5.